The number of imide groups is 2. The van der Waals surface area contributed by atoms with Crippen molar-refractivity contribution in [2.24, 2.45) is 0 Å². The second-order valence-electron chi connectivity index (χ2n) is 11.1. The van der Waals surface area contributed by atoms with Crippen molar-refractivity contribution in [3.8, 4) is 5.75 Å². The fraction of sp³-hybridized carbons (Fsp3) is 0.242. The molecule has 0 radical (unpaired) electrons. The number of carbonyl (C=O) groups excluding carboxylic acids is 6. The van der Waals surface area contributed by atoms with Crippen molar-refractivity contribution in [3.05, 3.63) is 93.1 Å². The zero-order valence-corrected chi connectivity index (χ0v) is 26.8. The van der Waals surface area contributed by atoms with E-state index in [1.54, 1.807) is 16.8 Å². The highest BCUT2D eigenvalue weighted by molar-refractivity contribution is 6.35. The van der Waals surface area contributed by atoms with Crippen LogP contribution in [0.5, 0.6) is 5.75 Å². The van der Waals surface area contributed by atoms with Gasteiger partial charge in [-0.25, -0.2) is 0 Å². The number of benzene rings is 3. The van der Waals surface area contributed by atoms with Crippen LogP contribution in [0.4, 0.5) is 0 Å². The first-order valence-electron chi connectivity index (χ1n) is 15.0. The molecule has 13 nitrogen and oxygen atoms in total. The summed E-state index contributed by atoms with van der Waals surface area (Å²) in [4.78, 5) is 76.4. The van der Waals surface area contributed by atoms with Crippen molar-refractivity contribution in [2.45, 2.75) is 31.8 Å². The Hall–Kier alpha value is -5.27. The van der Waals surface area contributed by atoms with Crippen molar-refractivity contribution in [3.63, 3.8) is 0 Å². The molecule has 1 saturated heterocycles. The summed E-state index contributed by atoms with van der Waals surface area (Å²) in [6.45, 7) is 0.374. The molecular formula is C33H28Cl2N6O7. The second kappa shape index (κ2) is 13.8. The van der Waals surface area contributed by atoms with Crippen LogP contribution < -0.4 is 20.7 Å². The van der Waals surface area contributed by atoms with Gasteiger partial charge >= 0.3 is 0 Å². The number of fused-ring (bicyclic) bond motifs is 2. The van der Waals surface area contributed by atoms with Gasteiger partial charge < -0.3 is 15.4 Å². The molecule has 3 heterocycles. The molecule has 3 aromatic carbocycles. The summed E-state index contributed by atoms with van der Waals surface area (Å²) < 4.78 is 7.31. The van der Waals surface area contributed by atoms with Gasteiger partial charge in [0.2, 0.25) is 11.8 Å². The molecule has 15 heteroatoms. The first-order chi connectivity index (χ1) is 23.1. The van der Waals surface area contributed by atoms with E-state index in [0.29, 0.717) is 28.4 Å². The number of aromatic nitrogens is 2. The van der Waals surface area contributed by atoms with Gasteiger partial charge in [-0.3, -0.25) is 43.7 Å². The van der Waals surface area contributed by atoms with Crippen molar-refractivity contribution in [2.75, 3.05) is 19.7 Å². The average Bonchev–Trinajstić information content (AvgIpc) is 3.55. The van der Waals surface area contributed by atoms with Gasteiger partial charge in [0.25, 0.3) is 23.6 Å². The smallest absolute Gasteiger partial charge is 0.272 e. The van der Waals surface area contributed by atoms with Gasteiger partial charge in [-0.05, 0) is 48.7 Å². The molecule has 2 aliphatic heterocycles. The van der Waals surface area contributed by atoms with Crippen LogP contribution in [0.3, 0.4) is 0 Å². The van der Waals surface area contributed by atoms with Gasteiger partial charge in [0.05, 0.1) is 23.2 Å². The third-order valence-corrected chi connectivity index (χ3v) is 8.55. The molecule has 2 aliphatic rings. The minimum Gasteiger partial charge on any atom is -0.483 e. The minimum atomic E-state index is -1.12. The monoisotopic (exact) mass is 690 g/mol. The maximum atomic E-state index is 13.2. The molecular weight excluding hydrogens is 663 g/mol. The number of hydrogen-bond donors (Lipinski definition) is 3. The lowest BCUT2D eigenvalue weighted by Gasteiger charge is -2.27. The first kappa shape index (κ1) is 32.7. The van der Waals surface area contributed by atoms with Gasteiger partial charge in [0.15, 0.2) is 12.3 Å². The maximum absolute atomic E-state index is 13.2. The van der Waals surface area contributed by atoms with Crippen LogP contribution in [0.1, 0.15) is 56.0 Å². The van der Waals surface area contributed by atoms with Gasteiger partial charge in [-0.15, -0.1) is 0 Å². The number of nitrogens with one attached hydrogen (secondary N) is 3. The number of rotatable bonds is 11. The quantitative estimate of drug-likeness (QED) is 0.159. The van der Waals surface area contributed by atoms with Gasteiger partial charge in [-0.2, -0.15) is 5.10 Å². The molecule has 3 N–H and O–H groups in total. The highest BCUT2D eigenvalue weighted by Crippen LogP contribution is 2.33. The van der Waals surface area contributed by atoms with E-state index in [-0.39, 0.29) is 54.4 Å². The molecule has 6 rings (SSSR count). The predicted molar refractivity (Wildman–Crippen MR) is 174 cm³/mol. The highest BCUT2D eigenvalue weighted by Gasteiger charge is 2.46. The maximum Gasteiger partial charge on any atom is 0.272 e. The van der Waals surface area contributed by atoms with E-state index in [1.165, 1.54) is 18.2 Å². The van der Waals surface area contributed by atoms with E-state index in [0.717, 1.165) is 16.0 Å². The third-order valence-electron chi connectivity index (χ3n) is 7.96. The summed E-state index contributed by atoms with van der Waals surface area (Å²) in [5.74, 6) is -3.43. The van der Waals surface area contributed by atoms with Crippen LogP contribution in [0.15, 0.2) is 60.7 Å². The Labute approximate surface area is 283 Å². The summed E-state index contributed by atoms with van der Waals surface area (Å²) in [6.07, 6.45) is 0.430. The number of nitrogens with zero attached hydrogens (tertiary/aromatic N) is 3. The molecule has 1 aromatic heterocycles. The topological polar surface area (TPSA) is 169 Å². The molecule has 0 saturated carbocycles. The van der Waals surface area contributed by atoms with Gasteiger partial charge in [0.1, 0.15) is 11.8 Å². The van der Waals surface area contributed by atoms with Crippen molar-refractivity contribution in [1.82, 2.24) is 30.6 Å². The Balaban J connectivity index is 0.994. The molecule has 6 amide bonds. The fourth-order valence-corrected chi connectivity index (χ4v) is 6.10. The molecule has 0 aliphatic carbocycles. The van der Waals surface area contributed by atoms with Crippen LogP contribution in [-0.4, -0.2) is 75.9 Å². The minimum absolute atomic E-state index is 0.000813. The Morgan fingerprint density at radius 1 is 0.958 bits per heavy atom. The van der Waals surface area contributed by atoms with Crippen LogP contribution in [0, 0.1) is 0 Å². The Bertz CT molecular complexity index is 1990. The number of ether oxygens (including phenoxy) is 1. The summed E-state index contributed by atoms with van der Waals surface area (Å²) >= 11 is 12.4. The molecule has 4 aromatic rings. The van der Waals surface area contributed by atoms with E-state index in [9.17, 15) is 28.8 Å². The van der Waals surface area contributed by atoms with Crippen molar-refractivity contribution < 1.29 is 33.5 Å². The lowest BCUT2D eigenvalue weighted by atomic mass is 10.0. The summed E-state index contributed by atoms with van der Waals surface area (Å²) in [5, 5.41) is 13.9. The van der Waals surface area contributed by atoms with Gasteiger partial charge in [0, 0.05) is 34.9 Å². The molecule has 1 unspecified atom stereocenters. The highest BCUT2D eigenvalue weighted by atomic mass is 35.5. The molecule has 0 spiro atoms. The second-order valence-corrected chi connectivity index (χ2v) is 12.0. The standard InChI is InChI=1S/C33H28Cl2N6O7/c34-19-10-9-18(22(35)15-19)16-40-23-7-2-1-5-20(23)29(39-40)31(45)37-14-4-13-36-27(43)17-48-25-8-3-6-21-28(25)33(47)41(32(21)46)24-11-12-26(42)38-30(24)44/h1-3,5-10,15,24H,4,11-14,16-17H2,(H,36,43)(H,37,45)(H,38,42,44). The number of halogens is 2. The fourth-order valence-electron chi connectivity index (χ4n) is 5.63. The third kappa shape index (κ3) is 6.60. The zero-order valence-electron chi connectivity index (χ0n) is 25.3. The number of hydrogen-bond acceptors (Lipinski definition) is 8. The number of para-hydroxylation sites is 1. The zero-order chi connectivity index (χ0) is 33.9. The lowest BCUT2D eigenvalue weighted by molar-refractivity contribution is -0.136. The van der Waals surface area contributed by atoms with Crippen molar-refractivity contribution >= 4 is 69.5 Å². The molecule has 1 fully saturated rings. The Morgan fingerprint density at radius 2 is 1.75 bits per heavy atom. The van der Waals surface area contributed by atoms with Crippen LogP contribution in [0.2, 0.25) is 10.0 Å². The summed E-state index contributed by atoms with van der Waals surface area (Å²) in [6, 6.07) is 15.8. The van der Waals surface area contributed by atoms with E-state index in [1.807, 2.05) is 30.3 Å². The number of amides is 6. The average molecular weight is 692 g/mol. The van der Waals surface area contributed by atoms with Crippen LogP contribution in [-0.2, 0) is 20.9 Å². The molecule has 48 heavy (non-hydrogen) atoms. The van der Waals surface area contributed by atoms with Gasteiger partial charge in [-0.1, -0.05) is 53.5 Å². The molecule has 246 valence electrons. The van der Waals surface area contributed by atoms with Crippen LogP contribution >= 0.6 is 23.2 Å². The van der Waals surface area contributed by atoms with E-state index in [4.69, 9.17) is 27.9 Å². The largest absolute Gasteiger partial charge is 0.483 e. The number of piperidine rings is 1. The van der Waals surface area contributed by atoms with E-state index >= 15 is 0 Å². The summed E-state index contributed by atoms with van der Waals surface area (Å²) in [5.41, 5.74) is 1.82. The first-order valence-corrected chi connectivity index (χ1v) is 15.8. The van der Waals surface area contributed by atoms with E-state index in [2.05, 4.69) is 21.0 Å². The van der Waals surface area contributed by atoms with E-state index < -0.39 is 42.2 Å². The molecule has 0 bridgehead atoms. The number of carbonyl (C=O) groups is 6. The Kier molecular flexibility index (Phi) is 9.42. The normalized spacial score (nSPS) is 15.8. The molecule has 1 atom stereocenters. The lowest BCUT2D eigenvalue weighted by Crippen LogP contribution is -2.54. The SMILES string of the molecule is O=C(COc1cccc2c1C(=O)N(C1CCC(=O)NC1=O)C2=O)NCCCNC(=O)c1nn(Cc2ccc(Cl)cc2Cl)c2ccccc12. The summed E-state index contributed by atoms with van der Waals surface area (Å²) in [7, 11) is 0. The predicted octanol–water partition coefficient (Wildman–Crippen LogP) is 3.11. The van der Waals surface area contributed by atoms with Crippen LogP contribution in [0.25, 0.3) is 10.9 Å². The Morgan fingerprint density at radius 3 is 2.54 bits per heavy atom. The van der Waals surface area contributed by atoms with Crippen molar-refractivity contribution in [1.29, 1.82) is 0 Å².